The average molecular weight is 583 g/mol. The first-order chi connectivity index (χ1) is 16.4. The molecule has 0 heterocycles. The van der Waals surface area contributed by atoms with E-state index in [0.717, 1.165) is 23.4 Å². The molecule has 0 aliphatic carbocycles. The largest absolute Gasteiger partial charge is 0.354 e. The van der Waals surface area contributed by atoms with Crippen molar-refractivity contribution >= 4 is 73.9 Å². The Balaban J connectivity index is 2.42. The molecule has 0 aliphatic heterocycles. The number of carbonyl (C=O) groups is 2. The summed E-state index contributed by atoms with van der Waals surface area (Å²) in [5.41, 5.74) is 0.678. The zero-order valence-corrected chi connectivity index (χ0v) is 23.4. The summed E-state index contributed by atoms with van der Waals surface area (Å²) in [5.74, 6) is -0.978. The van der Waals surface area contributed by atoms with E-state index >= 15 is 0 Å². The van der Waals surface area contributed by atoms with E-state index < -0.39 is 28.5 Å². The quantitative estimate of drug-likeness (QED) is 0.359. The Labute approximate surface area is 226 Å². The van der Waals surface area contributed by atoms with Gasteiger partial charge in [0.1, 0.15) is 12.6 Å². The first-order valence-corrected chi connectivity index (χ1v) is 14.2. The topological polar surface area (TPSA) is 86.8 Å². The number of benzene rings is 2. The first kappa shape index (κ1) is 29.5. The molecule has 1 atom stereocenters. The molecule has 0 saturated heterocycles. The van der Waals surface area contributed by atoms with Crippen LogP contribution in [0.1, 0.15) is 32.3 Å². The Kier molecular flexibility index (Phi) is 11.0. The summed E-state index contributed by atoms with van der Waals surface area (Å²) < 4.78 is 26.1. The summed E-state index contributed by atoms with van der Waals surface area (Å²) in [6.45, 7) is 3.44. The molecule has 0 aliphatic rings. The van der Waals surface area contributed by atoms with Gasteiger partial charge in [-0.1, -0.05) is 71.9 Å². The Morgan fingerprint density at radius 3 is 2.31 bits per heavy atom. The van der Waals surface area contributed by atoms with Gasteiger partial charge in [-0.05, 0) is 43.2 Å². The normalized spacial score (nSPS) is 12.2. The van der Waals surface area contributed by atoms with Crippen LogP contribution in [0.5, 0.6) is 0 Å². The molecule has 0 fully saturated rings. The third-order valence-corrected chi connectivity index (χ3v) is 7.89. The van der Waals surface area contributed by atoms with Gasteiger partial charge in [0, 0.05) is 13.1 Å². The molecule has 12 heteroatoms. The van der Waals surface area contributed by atoms with Gasteiger partial charge in [0.15, 0.2) is 0 Å². The van der Waals surface area contributed by atoms with Crippen molar-refractivity contribution in [1.82, 2.24) is 10.2 Å². The van der Waals surface area contributed by atoms with E-state index in [0.29, 0.717) is 22.2 Å². The molecular formula is C23H27Cl4N3O4S. The van der Waals surface area contributed by atoms with Crippen LogP contribution in [-0.4, -0.2) is 50.5 Å². The Morgan fingerprint density at radius 2 is 1.71 bits per heavy atom. The second kappa shape index (κ2) is 13.0. The fourth-order valence-corrected chi connectivity index (χ4v) is 4.86. The minimum atomic E-state index is -3.93. The summed E-state index contributed by atoms with van der Waals surface area (Å²) in [6.07, 6.45) is 2.64. The molecule has 0 bridgehead atoms. The van der Waals surface area contributed by atoms with Crippen LogP contribution in [0.2, 0.25) is 20.1 Å². The molecule has 192 valence electrons. The van der Waals surface area contributed by atoms with Gasteiger partial charge in [0.25, 0.3) is 0 Å². The molecule has 7 nitrogen and oxygen atoms in total. The zero-order valence-electron chi connectivity index (χ0n) is 19.5. The van der Waals surface area contributed by atoms with Crippen molar-refractivity contribution in [2.24, 2.45) is 0 Å². The van der Waals surface area contributed by atoms with Gasteiger partial charge in [-0.15, -0.1) is 0 Å². The van der Waals surface area contributed by atoms with Crippen molar-refractivity contribution in [1.29, 1.82) is 0 Å². The summed E-state index contributed by atoms with van der Waals surface area (Å²) in [7, 11) is -3.93. The number of halogens is 4. The van der Waals surface area contributed by atoms with E-state index in [1.54, 1.807) is 25.1 Å². The standard InChI is InChI=1S/C23H27Cl4N3O4S/c1-4-5-11-28-23(32)15(2)29(13-16-9-10-17(24)19(26)12-16)21(31)14-30(35(3,33)34)20-8-6-7-18(25)22(20)27/h6-10,12,15H,4-5,11,13-14H2,1-3H3,(H,28,32). The van der Waals surface area contributed by atoms with Gasteiger partial charge in [0.2, 0.25) is 21.8 Å². The minimum absolute atomic E-state index is 0.00103. The average Bonchev–Trinajstić information content (AvgIpc) is 2.79. The Morgan fingerprint density at radius 1 is 1.03 bits per heavy atom. The Hall–Kier alpha value is -1.71. The van der Waals surface area contributed by atoms with Crippen molar-refractivity contribution in [3.05, 3.63) is 62.1 Å². The smallest absolute Gasteiger partial charge is 0.244 e. The van der Waals surface area contributed by atoms with Crippen molar-refractivity contribution in [3.8, 4) is 0 Å². The van der Waals surface area contributed by atoms with Crippen molar-refractivity contribution < 1.29 is 18.0 Å². The molecule has 0 aromatic heterocycles. The number of unbranched alkanes of at least 4 members (excludes halogenated alkanes) is 1. The summed E-state index contributed by atoms with van der Waals surface area (Å²) in [6, 6.07) is 8.45. The lowest BCUT2D eigenvalue weighted by Crippen LogP contribution is -2.51. The number of rotatable bonds is 11. The first-order valence-electron chi connectivity index (χ1n) is 10.8. The number of anilines is 1. The van der Waals surface area contributed by atoms with Crippen LogP contribution in [0.4, 0.5) is 5.69 Å². The number of amides is 2. The van der Waals surface area contributed by atoms with E-state index in [9.17, 15) is 18.0 Å². The summed E-state index contributed by atoms with van der Waals surface area (Å²) in [5, 5.41) is 3.58. The maximum atomic E-state index is 13.5. The summed E-state index contributed by atoms with van der Waals surface area (Å²) in [4.78, 5) is 27.6. The van der Waals surface area contributed by atoms with Gasteiger partial charge in [0.05, 0.1) is 32.0 Å². The molecule has 1 unspecified atom stereocenters. The second-order valence-electron chi connectivity index (χ2n) is 7.93. The van der Waals surface area contributed by atoms with Crippen molar-refractivity contribution in [3.63, 3.8) is 0 Å². The predicted octanol–water partition coefficient (Wildman–Crippen LogP) is 5.40. The van der Waals surface area contributed by atoms with E-state index in [-0.39, 0.29) is 28.2 Å². The number of nitrogens with zero attached hydrogens (tertiary/aromatic N) is 2. The van der Waals surface area contributed by atoms with Crippen molar-refractivity contribution in [2.45, 2.75) is 39.3 Å². The highest BCUT2D eigenvalue weighted by Crippen LogP contribution is 2.34. The summed E-state index contributed by atoms with van der Waals surface area (Å²) >= 11 is 24.5. The number of hydrogen-bond donors (Lipinski definition) is 1. The lowest BCUT2D eigenvalue weighted by atomic mass is 10.1. The van der Waals surface area contributed by atoms with Crippen LogP contribution in [-0.2, 0) is 26.2 Å². The van der Waals surface area contributed by atoms with Gasteiger partial charge < -0.3 is 10.2 Å². The fourth-order valence-electron chi connectivity index (χ4n) is 3.23. The van der Waals surface area contributed by atoms with E-state index in [2.05, 4.69) is 5.32 Å². The molecule has 2 amide bonds. The molecule has 2 rings (SSSR count). The number of nitrogens with one attached hydrogen (secondary N) is 1. The minimum Gasteiger partial charge on any atom is -0.354 e. The van der Waals surface area contributed by atoms with Gasteiger partial charge in [-0.2, -0.15) is 0 Å². The van der Waals surface area contributed by atoms with Crippen molar-refractivity contribution in [2.75, 3.05) is 23.7 Å². The third kappa shape index (κ3) is 8.15. The molecule has 0 saturated carbocycles. The molecule has 1 N–H and O–H groups in total. The van der Waals surface area contributed by atoms with Crippen LogP contribution in [0, 0.1) is 0 Å². The highest BCUT2D eigenvalue weighted by molar-refractivity contribution is 7.92. The molecule has 0 spiro atoms. The zero-order chi connectivity index (χ0) is 26.3. The Bertz CT molecular complexity index is 1180. The monoisotopic (exact) mass is 581 g/mol. The van der Waals surface area contributed by atoms with Crippen LogP contribution in [0.3, 0.4) is 0 Å². The molecule has 2 aromatic rings. The third-order valence-electron chi connectivity index (χ3n) is 5.21. The highest BCUT2D eigenvalue weighted by atomic mass is 35.5. The molecule has 0 radical (unpaired) electrons. The lowest BCUT2D eigenvalue weighted by molar-refractivity contribution is -0.139. The highest BCUT2D eigenvalue weighted by Gasteiger charge is 2.31. The number of hydrogen-bond acceptors (Lipinski definition) is 4. The van der Waals surface area contributed by atoms with Crippen LogP contribution in [0.25, 0.3) is 0 Å². The molecule has 35 heavy (non-hydrogen) atoms. The van der Waals surface area contributed by atoms with E-state index in [1.807, 2.05) is 6.92 Å². The second-order valence-corrected chi connectivity index (χ2v) is 11.4. The van der Waals surface area contributed by atoms with E-state index in [4.69, 9.17) is 46.4 Å². The van der Waals surface area contributed by atoms with Gasteiger partial charge in [-0.25, -0.2) is 8.42 Å². The fraction of sp³-hybridized carbons (Fsp3) is 0.391. The predicted molar refractivity (Wildman–Crippen MR) is 143 cm³/mol. The SMILES string of the molecule is CCCCNC(=O)C(C)N(Cc1ccc(Cl)c(Cl)c1)C(=O)CN(c1cccc(Cl)c1Cl)S(C)(=O)=O. The van der Waals surface area contributed by atoms with Gasteiger partial charge >= 0.3 is 0 Å². The van der Waals surface area contributed by atoms with Gasteiger partial charge in [-0.3, -0.25) is 13.9 Å². The molecular weight excluding hydrogens is 556 g/mol. The maximum Gasteiger partial charge on any atom is 0.244 e. The number of carbonyl (C=O) groups excluding carboxylic acids is 2. The van der Waals surface area contributed by atoms with Crippen LogP contribution in [0.15, 0.2) is 36.4 Å². The number of sulfonamides is 1. The lowest BCUT2D eigenvalue weighted by Gasteiger charge is -2.31. The van der Waals surface area contributed by atoms with Crippen LogP contribution < -0.4 is 9.62 Å². The van der Waals surface area contributed by atoms with Crippen LogP contribution >= 0.6 is 46.4 Å². The van der Waals surface area contributed by atoms with E-state index in [1.165, 1.54) is 23.1 Å². The molecule has 2 aromatic carbocycles. The maximum absolute atomic E-state index is 13.5.